The second-order valence-corrected chi connectivity index (χ2v) is 8.49. The Bertz CT molecular complexity index is 1080. The van der Waals surface area contributed by atoms with Crippen LogP contribution in [0.1, 0.15) is 48.6 Å². The highest BCUT2D eigenvalue weighted by Gasteiger charge is 2.23. The van der Waals surface area contributed by atoms with Gasteiger partial charge in [-0.15, -0.1) is 16.4 Å². The van der Waals surface area contributed by atoms with E-state index in [4.69, 9.17) is 12.2 Å². The van der Waals surface area contributed by atoms with Crippen molar-refractivity contribution in [2.75, 3.05) is 0 Å². The van der Waals surface area contributed by atoms with Gasteiger partial charge in [0.25, 0.3) is 5.69 Å². The van der Waals surface area contributed by atoms with E-state index in [-0.39, 0.29) is 17.6 Å². The fourth-order valence-corrected chi connectivity index (χ4v) is 5.06. The van der Waals surface area contributed by atoms with E-state index >= 15 is 0 Å². The molecule has 0 spiro atoms. The van der Waals surface area contributed by atoms with Crippen LogP contribution >= 0.6 is 23.6 Å². The summed E-state index contributed by atoms with van der Waals surface area (Å²) in [5.41, 5.74) is 1.82. The van der Waals surface area contributed by atoms with Crippen molar-refractivity contribution in [2.24, 2.45) is 10.2 Å². The lowest BCUT2D eigenvalue weighted by Gasteiger charge is -2.23. The fraction of sp³-hybridized carbons (Fsp3) is 0.316. The third-order valence-corrected chi connectivity index (χ3v) is 6.37. The summed E-state index contributed by atoms with van der Waals surface area (Å²) in [7, 11) is 0. The Morgan fingerprint density at radius 1 is 1.32 bits per heavy atom. The molecule has 1 aliphatic carbocycles. The Kier molecular flexibility index (Phi) is 5.19. The number of nitro groups is 1. The predicted octanol–water partition coefficient (Wildman–Crippen LogP) is 5.27. The largest absolute Gasteiger partial charge is 0.493 e. The highest BCUT2D eigenvalue weighted by Crippen LogP contribution is 2.37. The van der Waals surface area contributed by atoms with Gasteiger partial charge in [0, 0.05) is 29.3 Å². The van der Waals surface area contributed by atoms with Gasteiger partial charge < -0.3 is 5.11 Å². The standard InChI is InChI=1S/C19H18N4O3S2/c24-18-16(28-19(27)22(18)14-6-2-1-3-7-14)10-13-11-20-21-17(13)12-5-4-8-15(9-12)23(25)26/h4-5,8-11,14,24H,1-3,6-7H2/b13-10-. The second kappa shape index (κ2) is 7.76. The van der Waals surface area contributed by atoms with Crippen molar-refractivity contribution >= 4 is 47.2 Å². The fourth-order valence-electron chi connectivity index (χ4n) is 3.66. The maximum atomic E-state index is 11.0. The van der Waals surface area contributed by atoms with Gasteiger partial charge in [0.05, 0.1) is 16.0 Å². The number of hydrogen-bond acceptors (Lipinski definition) is 7. The number of benzene rings is 1. The topological polar surface area (TPSA) is 93.0 Å². The highest BCUT2D eigenvalue weighted by molar-refractivity contribution is 7.73. The zero-order chi connectivity index (χ0) is 19.7. The van der Waals surface area contributed by atoms with E-state index in [2.05, 4.69) is 10.2 Å². The summed E-state index contributed by atoms with van der Waals surface area (Å²) in [6.45, 7) is 0. The van der Waals surface area contributed by atoms with E-state index in [1.54, 1.807) is 24.4 Å². The van der Waals surface area contributed by atoms with Crippen LogP contribution in [0.25, 0.3) is 6.08 Å². The maximum Gasteiger partial charge on any atom is 0.270 e. The van der Waals surface area contributed by atoms with Crippen molar-refractivity contribution in [3.05, 3.63) is 54.3 Å². The lowest BCUT2D eigenvalue weighted by Crippen LogP contribution is -2.12. The number of rotatable bonds is 4. The first kappa shape index (κ1) is 18.7. The summed E-state index contributed by atoms with van der Waals surface area (Å²) >= 11 is 6.86. The SMILES string of the molecule is O=[N+]([O-])c1cccc(C2=NN=C/C2=C/c2sc(=S)n(C3CCCCC3)c2O)c1. The van der Waals surface area contributed by atoms with E-state index in [0.717, 1.165) is 25.7 Å². The molecular formula is C19H18N4O3S2. The normalized spacial score (nSPS) is 18.6. The van der Waals surface area contributed by atoms with Gasteiger partial charge in [0.1, 0.15) is 5.71 Å². The lowest BCUT2D eigenvalue weighted by molar-refractivity contribution is -0.384. The van der Waals surface area contributed by atoms with Gasteiger partial charge in [-0.1, -0.05) is 31.4 Å². The van der Waals surface area contributed by atoms with Crippen LogP contribution in [0, 0.1) is 14.1 Å². The smallest absolute Gasteiger partial charge is 0.270 e. The van der Waals surface area contributed by atoms with Crippen LogP contribution in [-0.2, 0) is 0 Å². The quantitative estimate of drug-likeness (QED) is 0.419. The third-order valence-electron chi connectivity index (χ3n) is 5.03. The van der Waals surface area contributed by atoms with Gasteiger partial charge in [-0.05, 0) is 31.1 Å². The van der Waals surface area contributed by atoms with Gasteiger partial charge >= 0.3 is 0 Å². The molecule has 1 saturated carbocycles. The molecule has 0 amide bonds. The molecule has 2 aliphatic rings. The van der Waals surface area contributed by atoms with E-state index in [0.29, 0.717) is 25.7 Å². The van der Waals surface area contributed by atoms with Crippen molar-refractivity contribution in [3.8, 4) is 5.88 Å². The Labute approximate surface area is 170 Å². The number of aromatic nitrogens is 1. The molecular weight excluding hydrogens is 396 g/mol. The van der Waals surface area contributed by atoms with Gasteiger partial charge in [0.2, 0.25) is 5.88 Å². The summed E-state index contributed by atoms with van der Waals surface area (Å²) in [6.07, 6.45) is 8.95. The van der Waals surface area contributed by atoms with Crippen molar-refractivity contribution in [3.63, 3.8) is 0 Å². The van der Waals surface area contributed by atoms with Crippen molar-refractivity contribution < 1.29 is 10.0 Å². The van der Waals surface area contributed by atoms with Crippen molar-refractivity contribution in [2.45, 2.75) is 38.1 Å². The molecule has 0 unspecified atom stereocenters. The zero-order valence-electron chi connectivity index (χ0n) is 14.9. The first-order chi connectivity index (χ1) is 13.5. The molecule has 1 aromatic carbocycles. The molecule has 2 heterocycles. The molecule has 28 heavy (non-hydrogen) atoms. The summed E-state index contributed by atoms with van der Waals surface area (Å²) in [5, 5.41) is 29.9. The Morgan fingerprint density at radius 3 is 2.86 bits per heavy atom. The Morgan fingerprint density at radius 2 is 2.11 bits per heavy atom. The monoisotopic (exact) mass is 414 g/mol. The number of nitro benzene ring substituents is 1. The van der Waals surface area contributed by atoms with E-state index in [1.165, 1.54) is 29.9 Å². The number of hydrogen-bond donors (Lipinski definition) is 1. The zero-order valence-corrected chi connectivity index (χ0v) is 16.6. The minimum absolute atomic E-state index is 0.00611. The van der Waals surface area contributed by atoms with Crippen LogP contribution in [0.2, 0.25) is 0 Å². The van der Waals surface area contributed by atoms with Crippen LogP contribution in [-0.4, -0.2) is 26.5 Å². The molecule has 144 valence electrons. The first-order valence-corrected chi connectivity index (χ1v) is 10.3. The molecule has 1 aromatic heterocycles. The van der Waals surface area contributed by atoms with E-state index < -0.39 is 4.92 Å². The molecule has 7 nitrogen and oxygen atoms in total. The van der Waals surface area contributed by atoms with Crippen molar-refractivity contribution in [1.29, 1.82) is 0 Å². The van der Waals surface area contributed by atoms with Crippen molar-refractivity contribution in [1.82, 2.24) is 4.57 Å². The number of thiazole rings is 1. The Balaban J connectivity index is 1.68. The molecule has 0 bridgehead atoms. The molecule has 1 N–H and O–H groups in total. The van der Waals surface area contributed by atoms with Gasteiger partial charge in [-0.2, -0.15) is 5.10 Å². The average molecular weight is 415 g/mol. The van der Waals surface area contributed by atoms with Gasteiger partial charge in [-0.25, -0.2) is 0 Å². The van der Waals surface area contributed by atoms with Crippen LogP contribution in [0.15, 0.2) is 40.0 Å². The molecule has 1 aliphatic heterocycles. The van der Waals surface area contributed by atoms with E-state index in [1.807, 2.05) is 4.57 Å². The summed E-state index contributed by atoms with van der Waals surface area (Å²) < 4.78 is 2.52. The molecule has 0 atom stereocenters. The second-order valence-electron chi connectivity index (χ2n) is 6.82. The van der Waals surface area contributed by atoms with Gasteiger partial charge in [-0.3, -0.25) is 14.7 Å². The molecule has 0 saturated heterocycles. The molecule has 0 radical (unpaired) electrons. The molecule has 9 heteroatoms. The van der Waals surface area contributed by atoms with Crippen LogP contribution in [0.5, 0.6) is 5.88 Å². The van der Waals surface area contributed by atoms with E-state index in [9.17, 15) is 15.2 Å². The lowest BCUT2D eigenvalue weighted by atomic mass is 9.95. The summed E-state index contributed by atoms with van der Waals surface area (Å²) in [5.74, 6) is 0.174. The predicted molar refractivity (Wildman–Crippen MR) is 113 cm³/mol. The number of aromatic hydroxyl groups is 1. The molecule has 1 fully saturated rings. The Hall–Kier alpha value is -2.65. The number of allylic oxidation sites excluding steroid dienone is 1. The maximum absolute atomic E-state index is 11.0. The minimum atomic E-state index is -0.440. The summed E-state index contributed by atoms with van der Waals surface area (Å²) in [4.78, 5) is 11.3. The highest BCUT2D eigenvalue weighted by atomic mass is 32.1. The molecule has 4 rings (SSSR count). The third kappa shape index (κ3) is 3.55. The first-order valence-electron chi connectivity index (χ1n) is 9.07. The molecule has 2 aromatic rings. The van der Waals surface area contributed by atoms with Crippen LogP contribution in [0.4, 0.5) is 5.69 Å². The number of nitrogens with zero attached hydrogens (tertiary/aromatic N) is 4. The number of non-ortho nitro benzene ring substituents is 1. The summed E-state index contributed by atoms with van der Waals surface area (Å²) in [6, 6.07) is 6.52. The average Bonchev–Trinajstić information content (AvgIpc) is 3.27. The van der Waals surface area contributed by atoms with Gasteiger partial charge in [0.15, 0.2) is 3.95 Å². The van der Waals surface area contributed by atoms with Crippen LogP contribution in [0.3, 0.4) is 0 Å². The van der Waals surface area contributed by atoms with Crippen LogP contribution < -0.4 is 0 Å². The minimum Gasteiger partial charge on any atom is -0.493 e.